The highest BCUT2D eigenvalue weighted by atomic mass is 79.9. The number of hydrogen-bond acceptors (Lipinski definition) is 4. The van der Waals surface area contributed by atoms with Gasteiger partial charge in [-0.2, -0.15) is 5.10 Å². The third-order valence-corrected chi connectivity index (χ3v) is 3.67. The molecule has 0 aliphatic rings. The summed E-state index contributed by atoms with van der Waals surface area (Å²) in [6, 6.07) is 1.61. The first-order chi connectivity index (χ1) is 9.50. The summed E-state index contributed by atoms with van der Waals surface area (Å²) in [6.45, 7) is 1.42. The number of nitrogens with zero attached hydrogens (tertiary/aromatic N) is 4. The zero-order chi connectivity index (χ0) is 14.7. The molecule has 0 N–H and O–H groups in total. The van der Waals surface area contributed by atoms with Crippen LogP contribution in [0.4, 0.5) is 0 Å². The van der Waals surface area contributed by atoms with Crippen molar-refractivity contribution in [1.29, 1.82) is 0 Å². The van der Waals surface area contributed by atoms with Crippen LogP contribution in [0.2, 0.25) is 5.02 Å². The fourth-order valence-electron chi connectivity index (χ4n) is 1.74. The van der Waals surface area contributed by atoms with Crippen molar-refractivity contribution in [1.82, 2.24) is 19.7 Å². The zero-order valence-corrected chi connectivity index (χ0v) is 13.5. The molecule has 106 valence electrons. The van der Waals surface area contributed by atoms with Crippen LogP contribution in [-0.2, 0) is 6.54 Å². The predicted molar refractivity (Wildman–Crippen MR) is 81.2 cm³/mol. The Morgan fingerprint density at radius 2 is 2.20 bits per heavy atom. The van der Waals surface area contributed by atoms with Gasteiger partial charge < -0.3 is 4.90 Å². The Morgan fingerprint density at radius 1 is 1.45 bits per heavy atom. The molecule has 0 radical (unpaired) electrons. The molecule has 2 rings (SSSR count). The highest BCUT2D eigenvalue weighted by Crippen LogP contribution is 2.23. The van der Waals surface area contributed by atoms with Gasteiger partial charge in [0.15, 0.2) is 0 Å². The Labute approximate surface area is 130 Å². The third kappa shape index (κ3) is 3.26. The topological polar surface area (TPSA) is 51.0 Å². The van der Waals surface area contributed by atoms with Crippen molar-refractivity contribution >= 4 is 33.3 Å². The number of aromatic nitrogens is 3. The number of ketones is 1. The highest BCUT2D eigenvalue weighted by Gasteiger charge is 2.20. The van der Waals surface area contributed by atoms with E-state index in [1.807, 2.05) is 19.0 Å². The average Bonchev–Trinajstić information content (AvgIpc) is 2.77. The molecule has 0 unspecified atom stereocenters. The first kappa shape index (κ1) is 15.2. The molecule has 0 bridgehead atoms. The summed E-state index contributed by atoms with van der Waals surface area (Å²) in [5, 5.41) is 4.57. The number of hydrogen-bond donors (Lipinski definition) is 0. The van der Waals surface area contributed by atoms with E-state index in [1.54, 1.807) is 23.1 Å². The number of carbonyl (C=O) groups excluding carboxylic acids is 1. The molecule has 2 aromatic rings. The summed E-state index contributed by atoms with van der Waals surface area (Å²) in [5.41, 5.74) is 0.925. The van der Waals surface area contributed by atoms with Gasteiger partial charge in [-0.15, -0.1) is 0 Å². The van der Waals surface area contributed by atoms with Crippen molar-refractivity contribution < 1.29 is 4.79 Å². The lowest BCUT2D eigenvalue weighted by Crippen LogP contribution is -2.22. The second kappa shape index (κ2) is 6.47. The third-order valence-electron chi connectivity index (χ3n) is 2.79. The van der Waals surface area contributed by atoms with E-state index >= 15 is 0 Å². The largest absolute Gasteiger partial charge is 0.308 e. The summed E-state index contributed by atoms with van der Waals surface area (Å²) in [6.07, 6.45) is 4.63. The maximum absolute atomic E-state index is 12.6. The van der Waals surface area contributed by atoms with E-state index < -0.39 is 0 Å². The van der Waals surface area contributed by atoms with Crippen molar-refractivity contribution in [2.75, 3.05) is 20.6 Å². The minimum absolute atomic E-state index is 0.166. The number of likely N-dealkylation sites (N-methyl/N-ethyl adjacent to an activating group) is 1. The minimum atomic E-state index is -0.166. The molecule has 0 aliphatic carbocycles. The van der Waals surface area contributed by atoms with Gasteiger partial charge in [0.2, 0.25) is 5.78 Å². The van der Waals surface area contributed by atoms with Crippen molar-refractivity contribution in [3.05, 3.63) is 45.4 Å². The zero-order valence-electron chi connectivity index (χ0n) is 11.2. The second-order valence-electron chi connectivity index (χ2n) is 4.55. The Hall–Kier alpha value is -1.24. The van der Waals surface area contributed by atoms with Crippen molar-refractivity contribution in [3.63, 3.8) is 0 Å². The Bertz CT molecular complexity index is 627. The number of carbonyl (C=O) groups is 1. The molecule has 5 nitrogen and oxygen atoms in total. The van der Waals surface area contributed by atoms with E-state index in [9.17, 15) is 4.79 Å². The van der Waals surface area contributed by atoms with Gasteiger partial charge in [-0.3, -0.25) is 14.5 Å². The normalized spacial score (nSPS) is 11.1. The molecule has 0 aromatic carbocycles. The van der Waals surface area contributed by atoms with Gasteiger partial charge in [0.05, 0.1) is 22.2 Å². The van der Waals surface area contributed by atoms with E-state index in [1.165, 1.54) is 6.20 Å². The van der Waals surface area contributed by atoms with Crippen LogP contribution in [0.5, 0.6) is 0 Å². The summed E-state index contributed by atoms with van der Waals surface area (Å²) < 4.78 is 2.34. The van der Waals surface area contributed by atoms with E-state index in [0.29, 0.717) is 27.3 Å². The average molecular weight is 358 g/mol. The van der Waals surface area contributed by atoms with Crippen molar-refractivity contribution in [3.8, 4) is 0 Å². The highest BCUT2D eigenvalue weighted by molar-refractivity contribution is 9.10. The lowest BCUT2D eigenvalue weighted by atomic mass is 10.1. The summed E-state index contributed by atoms with van der Waals surface area (Å²) in [5.74, 6) is -0.166. The smallest absolute Gasteiger partial charge is 0.213 e. The van der Waals surface area contributed by atoms with E-state index in [0.717, 1.165) is 6.54 Å². The van der Waals surface area contributed by atoms with Crippen molar-refractivity contribution in [2.45, 2.75) is 6.54 Å². The molecule has 0 saturated carbocycles. The van der Waals surface area contributed by atoms with Crippen LogP contribution in [0.1, 0.15) is 16.1 Å². The lowest BCUT2D eigenvalue weighted by Gasteiger charge is -2.12. The SMILES string of the molecule is CN(C)CCn1ncc(Br)c1C(=O)c1ccncc1Cl. The van der Waals surface area contributed by atoms with E-state index in [4.69, 9.17) is 11.6 Å². The molecule has 7 heteroatoms. The fraction of sp³-hybridized carbons (Fsp3) is 0.308. The number of halogens is 2. The monoisotopic (exact) mass is 356 g/mol. The van der Waals surface area contributed by atoms with Gasteiger partial charge in [-0.25, -0.2) is 0 Å². The van der Waals surface area contributed by atoms with Crippen LogP contribution in [-0.4, -0.2) is 46.1 Å². The molecule has 20 heavy (non-hydrogen) atoms. The summed E-state index contributed by atoms with van der Waals surface area (Å²) >= 11 is 9.40. The molecular formula is C13H14BrClN4O. The van der Waals surface area contributed by atoms with Gasteiger partial charge in [0.25, 0.3) is 0 Å². The maximum atomic E-state index is 12.6. The van der Waals surface area contributed by atoms with Gasteiger partial charge in [-0.1, -0.05) is 11.6 Å². The Balaban J connectivity index is 2.35. The number of pyridine rings is 1. The van der Waals surface area contributed by atoms with Gasteiger partial charge in [0, 0.05) is 24.5 Å². The van der Waals surface area contributed by atoms with Crippen molar-refractivity contribution in [2.24, 2.45) is 0 Å². The second-order valence-corrected chi connectivity index (χ2v) is 5.81. The first-order valence-corrected chi connectivity index (χ1v) is 7.18. The van der Waals surface area contributed by atoms with E-state index in [-0.39, 0.29) is 5.78 Å². The van der Waals surface area contributed by atoms with E-state index in [2.05, 4.69) is 26.0 Å². The quantitative estimate of drug-likeness (QED) is 0.772. The van der Waals surface area contributed by atoms with Gasteiger partial charge >= 0.3 is 0 Å². The van der Waals surface area contributed by atoms with Crippen LogP contribution in [0.25, 0.3) is 0 Å². The molecule has 0 atom stereocenters. The minimum Gasteiger partial charge on any atom is -0.308 e. The molecule has 0 spiro atoms. The summed E-state index contributed by atoms with van der Waals surface area (Å²) in [4.78, 5) is 18.5. The first-order valence-electron chi connectivity index (χ1n) is 6.01. The standard InChI is InChI=1S/C13H14BrClN4O/c1-18(2)5-6-19-12(10(14)7-17-19)13(20)9-3-4-16-8-11(9)15/h3-4,7-8H,5-6H2,1-2H3. The van der Waals surface area contributed by atoms with Crippen LogP contribution in [0, 0.1) is 0 Å². The predicted octanol–water partition coefficient (Wildman–Crippen LogP) is 2.49. The molecule has 2 heterocycles. The molecule has 0 saturated heterocycles. The molecule has 0 amide bonds. The van der Waals surface area contributed by atoms with Gasteiger partial charge in [-0.05, 0) is 36.1 Å². The van der Waals surface area contributed by atoms with Crippen LogP contribution in [0.3, 0.4) is 0 Å². The number of rotatable bonds is 5. The molecule has 0 fully saturated rings. The molecule has 0 aliphatic heterocycles. The van der Waals surface area contributed by atoms with Crippen LogP contribution >= 0.6 is 27.5 Å². The van der Waals surface area contributed by atoms with Gasteiger partial charge in [0.1, 0.15) is 5.69 Å². The summed E-state index contributed by atoms with van der Waals surface area (Å²) in [7, 11) is 3.94. The molecular weight excluding hydrogens is 344 g/mol. The van der Waals surface area contributed by atoms with Crippen LogP contribution in [0.15, 0.2) is 29.1 Å². The Morgan fingerprint density at radius 3 is 2.85 bits per heavy atom. The molecule has 2 aromatic heterocycles. The Kier molecular flexibility index (Phi) is 4.91. The maximum Gasteiger partial charge on any atom is 0.213 e. The fourth-order valence-corrected chi connectivity index (χ4v) is 2.42. The van der Waals surface area contributed by atoms with Crippen LogP contribution < -0.4 is 0 Å². The lowest BCUT2D eigenvalue weighted by molar-refractivity contribution is 0.102.